The SMILES string of the molecule is O=C1Nc2ccccc2C12OCCC2Cc1ccc(Br)cc1. The summed E-state index contributed by atoms with van der Waals surface area (Å²) in [5, 5.41) is 2.98. The van der Waals surface area contributed by atoms with Crippen molar-refractivity contribution in [2.24, 2.45) is 5.92 Å². The van der Waals surface area contributed by atoms with Crippen LogP contribution in [0.25, 0.3) is 0 Å². The van der Waals surface area contributed by atoms with Crippen LogP contribution in [0, 0.1) is 5.92 Å². The maximum absolute atomic E-state index is 12.7. The molecule has 4 rings (SSSR count). The van der Waals surface area contributed by atoms with Crippen molar-refractivity contribution >= 4 is 27.5 Å². The summed E-state index contributed by atoms with van der Waals surface area (Å²) in [6.45, 7) is 0.628. The standard InChI is InChI=1S/C18H16BrNO2/c19-14-7-5-12(6-8-14)11-13-9-10-22-18(13)15-3-1-2-4-16(15)20-17(18)21/h1-8,13H,9-11H2,(H,20,21). The second kappa shape index (κ2) is 5.21. The van der Waals surface area contributed by atoms with Crippen LogP contribution in [-0.4, -0.2) is 12.5 Å². The van der Waals surface area contributed by atoms with Crippen LogP contribution in [-0.2, 0) is 21.6 Å². The molecule has 1 N–H and O–H groups in total. The highest BCUT2D eigenvalue weighted by atomic mass is 79.9. The molecule has 0 bridgehead atoms. The largest absolute Gasteiger partial charge is 0.360 e. The number of benzene rings is 2. The Morgan fingerprint density at radius 1 is 1.18 bits per heavy atom. The fourth-order valence-corrected chi connectivity index (χ4v) is 3.90. The lowest BCUT2D eigenvalue weighted by atomic mass is 9.79. The molecular formula is C18H16BrNO2. The number of carbonyl (C=O) groups excluding carboxylic acids is 1. The zero-order valence-electron chi connectivity index (χ0n) is 12.0. The molecule has 3 nitrogen and oxygen atoms in total. The minimum atomic E-state index is -0.816. The number of anilines is 1. The van der Waals surface area contributed by atoms with Gasteiger partial charge in [-0.3, -0.25) is 4.79 Å². The van der Waals surface area contributed by atoms with Gasteiger partial charge in [-0.1, -0.05) is 46.3 Å². The number of amides is 1. The molecule has 0 aromatic heterocycles. The lowest BCUT2D eigenvalue weighted by Gasteiger charge is -2.28. The topological polar surface area (TPSA) is 38.3 Å². The summed E-state index contributed by atoms with van der Waals surface area (Å²) in [4.78, 5) is 12.7. The van der Waals surface area contributed by atoms with E-state index in [1.54, 1.807) is 0 Å². The molecule has 4 heteroatoms. The molecule has 112 valence electrons. The predicted molar refractivity (Wildman–Crippen MR) is 88.7 cm³/mol. The Bertz CT molecular complexity index is 728. The molecule has 2 aliphatic heterocycles. The second-order valence-electron chi connectivity index (χ2n) is 5.90. The Balaban J connectivity index is 1.71. The summed E-state index contributed by atoms with van der Waals surface area (Å²) >= 11 is 3.46. The number of para-hydroxylation sites is 1. The minimum absolute atomic E-state index is 0.0201. The van der Waals surface area contributed by atoms with Crippen LogP contribution in [0.15, 0.2) is 53.0 Å². The summed E-state index contributed by atoms with van der Waals surface area (Å²) in [6.07, 6.45) is 1.74. The van der Waals surface area contributed by atoms with Gasteiger partial charge in [-0.05, 0) is 36.6 Å². The van der Waals surface area contributed by atoms with E-state index in [0.29, 0.717) is 6.61 Å². The minimum Gasteiger partial charge on any atom is -0.360 e. The first kappa shape index (κ1) is 14.0. The predicted octanol–water partition coefficient (Wildman–Crippen LogP) is 3.88. The van der Waals surface area contributed by atoms with Crippen LogP contribution in [0.4, 0.5) is 5.69 Å². The van der Waals surface area contributed by atoms with E-state index in [4.69, 9.17) is 4.74 Å². The molecule has 0 radical (unpaired) electrons. The monoisotopic (exact) mass is 357 g/mol. The lowest BCUT2D eigenvalue weighted by Crippen LogP contribution is -2.40. The highest BCUT2D eigenvalue weighted by Crippen LogP contribution is 2.49. The molecule has 0 aliphatic carbocycles. The third-order valence-corrected chi connectivity index (χ3v) is 5.21. The number of carbonyl (C=O) groups is 1. The molecule has 2 unspecified atom stereocenters. The quantitative estimate of drug-likeness (QED) is 0.885. The van der Waals surface area contributed by atoms with Crippen LogP contribution in [0.3, 0.4) is 0 Å². The van der Waals surface area contributed by atoms with Crippen molar-refractivity contribution < 1.29 is 9.53 Å². The van der Waals surface area contributed by atoms with Gasteiger partial charge in [-0.25, -0.2) is 0 Å². The van der Waals surface area contributed by atoms with Gasteiger partial charge in [0.2, 0.25) is 0 Å². The maximum atomic E-state index is 12.7. The molecule has 0 saturated carbocycles. The molecule has 2 heterocycles. The van der Waals surface area contributed by atoms with Crippen molar-refractivity contribution in [1.82, 2.24) is 0 Å². The van der Waals surface area contributed by atoms with E-state index >= 15 is 0 Å². The number of halogens is 1. The molecule has 22 heavy (non-hydrogen) atoms. The number of hydrogen-bond donors (Lipinski definition) is 1. The van der Waals surface area contributed by atoms with E-state index in [1.165, 1.54) is 5.56 Å². The molecule has 2 aromatic carbocycles. The average molecular weight is 358 g/mol. The average Bonchev–Trinajstić information content (AvgIpc) is 3.06. The highest BCUT2D eigenvalue weighted by molar-refractivity contribution is 9.10. The Labute approximate surface area is 137 Å². The second-order valence-corrected chi connectivity index (χ2v) is 6.82. The van der Waals surface area contributed by atoms with Crippen molar-refractivity contribution in [3.8, 4) is 0 Å². The third kappa shape index (κ3) is 2.02. The summed E-state index contributed by atoms with van der Waals surface area (Å²) < 4.78 is 7.09. The van der Waals surface area contributed by atoms with Gasteiger partial charge in [-0.2, -0.15) is 0 Å². The van der Waals surface area contributed by atoms with E-state index < -0.39 is 5.60 Å². The van der Waals surface area contributed by atoms with Crippen molar-refractivity contribution in [3.05, 3.63) is 64.1 Å². The normalized spacial score (nSPS) is 26.2. The first-order chi connectivity index (χ1) is 10.7. The van der Waals surface area contributed by atoms with Gasteiger partial charge in [0.1, 0.15) is 0 Å². The number of fused-ring (bicyclic) bond motifs is 2. The Morgan fingerprint density at radius 2 is 1.95 bits per heavy atom. The fraction of sp³-hybridized carbons (Fsp3) is 0.278. The molecule has 2 aromatic rings. The third-order valence-electron chi connectivity index (χ3n) is 4.68. The van der Waals surface area contributed by atoms with Gasteiger partial charge in [-0.15, -0.1) is 0 Å². The van der Waals surface area contributed by atoms with Gasteiger partial charge >= 0.3 is 0 Å². The van der Waals surface area contributed by atoms with Crippen LogP contribution in [0.5, 0.6) is 0 Å². The van der Waals surface area contributed by atoms with E-state index in [-0.39, 0.29) is 11.8 Å². The Morgan fingerprint density at radius 3 is 2.77 bits per heavy atom. The van der Waals surface area contributed by atoms with E-state index in [0.717, 1.165) is 28.6 Å². The van der Waals surface area contributed by atoms with Crippen molar-refractivity contribution in [2.75, 3.05) is 11.9 Å². The van der Waals surface area contributed by atoms with E-state index in [9.17, 15) is 4.79 Å². The lowest BCUT2D eigenvalue weighted by molar-refractivity contribution is -0.139. The van der Waals surface area contributed by atoms with Gasteiger partial charge in [0.15, 0.2) is 5.60 Å². The zero-order chi connectivity index (χ0) is 15.2. The highest BCUT2D eigenvalue weighted by Gasteiger charge is 2.56. The van der Waals surface area contributed by atoms with Gasteiger partial charge in [0.25, 0.3) is 5.91 Å². The van der Waals surface area contributed by atoms with Gasteiger partial charge in [0.05, 0.1) is 0 Å². The van der Waals surface area contributed by atoms with Crippen molar-refractivity contribution in [2.45, 2.75) is 18.4 Å². The van der Waals surface area contributed by atoms with Crippen LogP contribution >= 0.6 is 15.9 Å². The van der Waals surface area contributed by atoms with Crippen molar-refractivity contribution in [3.63, 3.8) is 0 Å². The molecular weight excluding hydrogens is 342 g/mol. The molecule has 1 fully saturated rings. The fourth-order valence-electron chi connectivity index (χ4n) is 3.64. The number of rotatable bonds is 2. The van der Waals surface area contributed by atoms with Crippen molar-refractivity contribution in [1.29, 1.82) is 0 Å². The summed E-state index contributed by atoms with van der Waals surface area (Å²) in [6, 6.07) is 16.2. The van der Waals surface area contributed by atoms with Crippen LogP contribution in [0.2, 0.25) is 0 Å². The smallest absolute Gasteiger partial charge is 0.261 e. The summed E-state index contributed by atoms with van der Waals surface area (Å²) in [5.74, 6) is 0.144. The summed E-state index contributed by atoms with van der Waals surface area (Å²) in [5.41, 5.74) is 2.29. The number of hydrogen-bond acceptors (Lipinski definition) is 2. The summed E-state index contributed by atoms with van der Waals surface area (Å²) in [7, 11) is 0. The molecule has 2 atom stereocenters. The van der Waals surface area contributed by atoms with E-state index in [1.807, 2.05) is 36.4 Å². The Hall–Kier alpha value is -1.65. The first-order valence-electron chi connectivity index (χ1n) is 7.49. The number of ether oxygens (including phenoxy) is 1. The Kier molecular flexibility index (Phi) is 3.31. The first-order valence-corrected chi connectivity index (χ1v) is 8.29. The van der Waals surface area contributed by atoms with Crippen LogP contribution < -0.4 is 5.32 Å². The van der Waals surface area contributed by atoms with Gasteiger partial charge < -0.3 is 10.1 Å². The van der Waals surface area contributed by atoms with E-state index in [2.05, 4.69) is 33.4 Å². The molecule has 1 spiro atoms. The number of nitrogens with one attached hydrogen (secondary N) is 1. The maximum Gasteiger partial charge on any atom is 0.261 e. The molecule has 2 aliphatic rings. The zero-order valence-corrected chi connectivity index (χ0v) is 13.6. The van der Waals surface area contributed by atoms with Gasteiger partial charge in [0, 0.05) is 28.2 Å². The molecule has 1 amide bonds. The molecule has 1 saturated heterocycles. The van der Waals surface area contributed by atoms with Crippen LogP contribution in [0.1, 0.15) is 17.5 Å².